The normalized spacial score (nSPS) is 12.3. The van der Waals surface area contributed by atoms with E-state index in [0.717, 1.165) is 12.4 Å². The zero-order valence-electron chi connectivity index (χ0n) is 4.75. The molecule has 0 atom stereocenters. The summed E-state index contributed by atoms with van der Waals surface area (Å²) in [6.45, 7) is -0.689. The van der Waals surface area contributed by atoms with E-state index in [1.165, 1.54) is 0 Å². The number of carbonyl (C=O) groups excluding carboxylic acids is 1. The Balaban J connectivity index is 3.84. The van der Waals surface area contributed by atoms with Crippen LogP contribution in [0.5, 0.6) is 0 Å². The SMILES string of the molecule is N/C=C(/C=O)N=CCF. The van der Waals surface area contributed by atoms with Gasteiger partial charge < -0.3 is 5.73 Å². The van der Waals surface area contributed by atoms with Crippen molar-refractivity contribution < 1.29 is 9.18 Å². The fourth-order valence-electron chi connectivity index (χ4n) is 0.253. The Morgan fingerprint density at radius 3 is 2.78 bits per heavy atom. The van der Waals surface area contributed by atoms with Crippen LogP contribution in [0, 0.1) is 0 Å². The molecule has 0 spiro atoms. The molecule has 0 aromatic rings. The molecule has 0 amide bonds. The molecule has 0 saturated heterocycles. The molecule has 0 heterocycles. The van der Waals surface area contributed by atoms with Crippen LogP contribution >= 0.6 is 0 Å². The van der Waals surface area contributed by atoms with Crippen molar-refractivity contribution in [2.24, 2.45) is 10.7 Å². The topological polar surface area (TPSA) is 55.5 Å². The van der Waals surface area contributed by atoms with Gasteiger partial charge in [0.05, 0.1) is 0 Å². The fourth-order valence-corrected chi connectivity index (χ4v) is 0.253. The van der Waals surface area contributed by atoms with Gasteiger partial charge in [-0.25, -0.2) is 4.39 Å². The minimum Gasteiger partial charge on any atom is -0.403 e. The number of nitrogens with zero attached hydrogens (tertiary/aromatic N) is 1. The molecule has 50 valence electrons. The summed E-state index contributed by atoms with van der Waals surface area (Å²) in [7, 11) is 0. The number of nitrogens with two attached hydrogens (primary N) is 1. The predicted octanol–water partition coefficient (Wildman–Crippen LogP) is 0.0257. The van der Waals surface area contributed by atoms with Crippen LogP contribution in [-0.4, -0.2) is 19.2 Å². The van der Waals surface area contributed by atoms with Crippen LogP contribution in [-0.2, 0) is 4.79 Å². The van der Waals surface area contributed by atoms with Crippen LogP contribution in [0.3, 0.4) is 0 Å². The summed E-state index contributed by atoms with van der Waals surface area (Å²) in [4.78, 5) is 13.2. The van der Waals surface area contributed by atoms with E-state index in [0.29, 0.717) is 6.29 Å². The van der Waals surface area contributed by atoms with Gasteiger partial charge in [0.2, 0.25) is 0 Å². The molecule has 0 rings (SSSR count). The lowest BCUT2D eigenvalue weighted by Gasteiger charge is -1.82. The van der Waals surface area contributed by atoms with E-state index < -0.39 is 6.67 Å². The maximum atomic E-state index is 11.3. The second kappa shape index (κ2) is 4.96. The molecule has 0 saturated carbocycles. The van der Waals surface area contributed by atoms with Crippen LogP contribution in [0.1, 0.15) is 0 Å². The number of halogens is 1. The number of hydrogen-bond acceptors (Lipinski definition) is 3. The Hall–Kier alpha value is -1.19. The first-order chi connectivity index (χ1) is 4.35. The van der Waals surface area contributed by atoms with Gasteiger partial charge in [-0.3, -0.25) is 9.79 Å². The minimum absolute atomic E-state index is 0.0349. The highest BCUT2D eigenvalue weighted by atomic mass is 19.1. The first-order valence-corrected chi connectivity index (χ1v) is 2.30. The maximum Gasteiger partial charge on any atom is 0.169 e. The molecular formula is C5H7FN2O. The molecule has 0 unspecified atom stereocenters. The molecule has 0 aliphatic heterocycles. The van der Waals surface area contributed by atoms with Crippen molar-refractivity contribution in [1.29, 1.82) is 0 Å². The van der Waals surface area contributed by atoms with E-state index in [1.807, 2.05) is 0 Å². The molecule has 3 nitrogen and oxygen atoms in total. The maximum absolute atomic E-state index is 11.3. The summed E-state index contributed by atoms with van der Waals surface area (Å²) in [5, 5.41) is 0. The number of aldehydes is 1. The Kier molecular flexibility index (Phi) is 4.30. The number of rotatable bonds is 3. The second-order valence-electron chi connectivity index (χ2n) is 1.18. The van der Waals surface area contributed by atoms with E-state index in [9.17, 15) is 9.18 Å². The van der Waals surface area contributed by atoms with Gasteiger partial charge in [0.25, 0.3) is 0 Å². The Labute approximate surface area is 52.1 Å². The Bertz CT molecular complexity index is 142. The first-order valence-electron chi connectivity index (χ1n) is 2.30. The molecule has 0 aromatic carbocycles. The van der Waals surface area contributed by atoms with Crippen molar-refractivity contribution in [3.63, 3.8) is 0 Å². The van der Waals surface area contributed by atoms with Crippen molar-refractivity contribution in [2.45, 2.75) is 0 Å². The summed E-state index contributed by atoms with van der Waals surface area (Å²) >= 11 is 0. The van der Waals surface area contributed by atoms with Crippen LogP contribution < -0.4 is 5.73 Å². The number of carbonyl (C=O) groups is 1. The average Bonchev–Trinajstić information content (AvgIpc) is 1.91. The van der Waals surface area contributed by atoms with Crippen LogP contribution in [0.15, 0.2) is 16.9 Å². The average molecular weight is 130 g/mol. The lowest BCUT2D eigenvalue weighted by Crippen LogP contribution is -1.88. The largest absolute Gasteiger partial charge is 0.403 e. The monoisotopic (exact) mass is 130 g/mol. The number of allylic oxidation sites excluding steroid dienone is 1. The lowest BCUT2D eigenvalue weighted by molar-refractivity contribution is -0.104. The van der Waals surface area contributed by atoms with E-state index >= 15 is 0 Å². The molecule has 4 heteroatoms. The molecule has 0 fully saturated rings. The van der Waals surface area contributed by atoms with E-state index in [-0.39, 0.29) is 5.70 Å². The number of alkyl halides is 1. The molecule has 0 bridgehead atoms. The van der Waals surface area contributed by atoms with E-state index in [1.54, 1.807) is 0 Å². The summed E-state index contributed by atoms with van der Waals surface area (Å²) < 4.78 is 11.3. The van der Waals surface area contributed by atoms with Gasteiger partial charge in [-0.05, 0) is 0 Å². The van der Waals surface area contributed by atoms with Crippen molar-refractivity contribution in [3.05, 3.63) is 11.9 Å². The van der Waals surface area contributed by atoms with Crippen molar-refractivity contribution in [3.8, 4) is 0 Å². The molecule has 0 aliphatic carbocycles. The van der Waals surface area contributed by atoms with Gasteiger partial charge >= 0.3 is 0 Å². The third-order valence-electron chi connectivity index (χ3n) is 0.601. The van der Waals surface area contributed by atoms with Crippen molar-refractivity contribution in [1.82, 2.24) is 0 Å². The zero-order chi connectivity index (χ0) is 7.11. The number of aliphatic imine (C=N–C) groups is 1. The summed E-state index contributed by atoms with van der Waals surface area (Å²) in [6, 6.07) is 0. The van der Waals surface area contributed by atoms with Crippen LogP contribution in [0.25, 0.3) is 0 Å². The van der Waals surface area contributed by atoms with Gasteiger partial charge in [-0.15, -0.1) is 0 Å². The smallest absolute Gasteiger partial charge is 0.169 e. The molecule has 0 aliphatic rings. The standard InChI is InChI=1S/C5H7FN2O/c6-1-2-8-5(3-7)4-9/h2-4H,1,7H2/b5-3-,8-2?. The van der Waals surface area contributed by atoms with Gasteiger partial charge in [-0.2, -0.15) is 0 Å². The first kappa shape index (κ1) is 7.81. The van der Waals surface area contributed by atoms with E-state index in [4.69, 9.17) is 5.73 Å². The number of hydrogen-bond donors (Lipinski definition) is 1. The molecule has 0 radical (unpaired) electrons. The quantitative estimate of drug-likeness (QED) is 0.333. The predicted molar refractivity (Wildman–Crippen MR) is 32.8 cm³/mol. The van der Waals surface area contributed by atoms with Crippen LogP contribution in [0.2, 0.25) is 0 Å². The minimum atomic E-state index is -0.689. The van der Waals surface area contributed by atoms with Crippen LogP contribution in [0.4, 0.5) is 4.39 Å². The second-order valence-corrected chi connectivity index (χ2v) is 1.18. The molecule has 9 heavy (non-hydrogen) atoms. The van der Waals surface area contributed by atoms with E-state index in [2.05, 4.69) is 4.99 Å². The lowest BCUT2D eigenvalue weighted by atomic mass is 10.5. The highest BCUT2D eigenvalue weighted by molar-refractivity contribution is 5.76. The summed E-state index contributed by atoms with van der Waals surface area (Å²) in [5.74, 6) is 0. The van der Waals surface area contributed by atoms with Gasteiger partial charge in [-0.1, -0.05) is 0 Å². The summed E-state index contributed by atoms with van der Waals surface area (Å²) in [6.07, 6.45) is 2.43. The molecule has 0 aromatic heterocycles. The third-order valence-corrected chi connectivity index (χ3v) is 0.601. The van der Waals surface area contributed by atoms with Gasteiger partial charge in [0.1, 0.15) is 12.4 Å². The fraction of sp³-hybridized carbons (Fsp3) is 0.200. The van der Waals surface area contributed by atoms with Gasteiger partial charge in [0.15, 0.2) is 6.29 Å². The summed E-state index contributed by atoms with van der Waals surface area (Å²) in [5.41, 5.74) is 4.93. The highest BCUT2D eigenvalue weighted by Crippen LogP contribution is 1.84. The van der Waals surface area contributed by atoms with Crippen molar-refractivity contribution >= 4 is 12.5 Å². The molecule has 2 N–H and O–H groups in total. The highest BCUT2D eigenvalue weighted by Gasteiger charge is 1.83. The third kappa shape index (κ3) is 3.40. The van der Waals surface area contributed by atoms with Crippen molar-refractivity contribution in [2.75, 3.05) is 6.67 Å². The molecular weight excluding hydrogens is 123 g/mol. The van der Waals surface area contributed by atoms with Gasteiger partial charge in [0, 0.05) is 12.4 Å². The Morgan fingerprint density at radius 1 is 1.78 bits per heavy atom. The Morgan fingerprint density at radius 2 is 2.44 bits per heavy atom. The zero-order valence-corrected chi connectivity index (χ0v) is 4.75.